The summed E-state index contributed by atoms with van der Waals surface area (Å²) < 4.78 is 7.25. The standard InChI is InChI=1S/C24H32N6O/c1-17-19(15-29(4)27-17)16-30-13-7-6-8-22(30)23-21(14-25-24(26-23)28(2)3)18-9-11-20(31-5)12-10-18/h9-12,14-15,22H,6-8,13,16H2,1-5H3/t22-/m1/s1. The van der Waals surface area contributed by atoms with E-state index in [1.54, 1.807) is 7.11 Å². The number of hydrogen-bond acceptors (Lipinski definition) is 6. The van der Waals surface area contributed by atoms with Crippen molar-refractivity contribution in [3.8, 4) is 16.9 Å². The topological polar surface area (TPSA) is 59.3 Å². The van der Waals surface area contributed by atoms with E-state index >= 15 is 0 Å². The minimum absolute atomic E-state index is 0.243. The Balaban J connectivity index is 1.74. The number of ether oxygens (including phenoxy) is 1. The highest BCUT2D eigenvalue weighted by molar-refractivity contribution is 5.67. The minimum Gasteiger partial charge on any atom is -0.497 e. The quantitative estimate of drug-likeness (QED) is 0.601. The van der Waals surface area contributed by atoms with Gasteiger partial charge in [0.25, 0.3) is 0 Å². The van der Waals surface area contributed by atoms with Gasteiger partial charge >= 0.3 is 0 Å². The smallest absolute Gasteiger partial charge is 0.225 e. The molecule has 1 aromatic carbocycles. The summed E-state index contributed by atoms with van der Waals surface area (Å²) >= 11 is 0. The van der Waals surface area contributed by atoms with Crippen LogP contribution in [0.15, 0.2) is 36.7 Å². The van der Waals surface area contributed by atoms with Gasteiger partial charge in [0.05, 0.1) is 24.5 Å². The van der Waals surface area contributed by atoms with E-state index in [0.29, 0.717) is 0 Å². The molecule has 0 spiro atoms. The molecule has 0 radical (unpaired) electrons. The second-order valence-corrected chi connectivity index (χ2v) is 8.49. The molecule has 1 atom stereocenters. The van der Waals surface area contributed by atoms with E-state index in [2.05, 4.69) is 40.2 Å². The second-order valence-electron chi connectivity index (χ2n) is 8.49. The van der Waals surface area contributed by atoms with E-state index in [0.717, 1.165) is 53.7 Å². The summed E-state index contributed by atoms with van der Waals surface area (Å²) in [7, 11) is 7.66. The molecule has 1 aliphatic rings. The van der Waals surface area contributed by atoms with Crippen LogP contribution in [0.25, 0.3) is 11.1 Å². The highest BCUT2D eigenvalue weighted by atomic mass is 16.5. The number of anilines is 1. The zero-order valence-electron chi connectivity index (χ0n) is 19.2. The lowest BCUT2D eigenvalue weighted by molar-refractivity contribution is 0.137. The molecule has 0 unspecified atom stereocenters. The first-order valence-corrected chi connectivity index (χ1v) is 10.9. The van der Waals surface area contributed by atoms with Crippen LogP contribution in [0.1, 0.15) is 42.3 Å². The van der Waals surface area contributed by atoms with E-state index < -0.39 is 0 Å². The van der Waals surface area contributed by atoms with Gasteiger partial charge < -0.3 is 9.64 Å². The molecule has 1 aliphatic heterocycles. The van der Waals surface area contributed by atoms with Gasteiger partial charge in [0, 0.05) is 51.2 Å². The molecule has 2 aromatic heterocycles. The lowest BCUT2D eigenvalue weighted by atomic mass is 9.93. The van der Waals surface area contributed by atoms with Crippen LogP contribution in [0.3, 0.4) is 0 Å². The number of rotatable bonds is 6. The van der Waals surface area contributed by atoms with Crippen molar-refractivity contribution in [2.45, 2.75) is 38.8 Å². The Hall–Kier alpha value is -2.93. The summed E-state index contributed by atoms with van der Waals surface area (Å²) in [5, 5.41) is 4.54. The van der Waals surface area contributed by atoms with Crippen LogP contribution in [0.2, 0.25) is 0 Å². The molecule has 3 heterocycles. The molecule has 0 aliphatic carbocycles. The number of aromatic nitrogens is 4. The molecule has 0 saturated carbocycles. The maximum Gasteiger partial charge on any atom is 0.225 e. The van der Waals surface area contributed by atoms with Crippen molar-refractivity contribution in [1.82, 2.24) is 24.6 Å². The summed E-state index contributed by atoms with van der Waals surface area (Å²) in [6, 6.07) is 8.42. The number of nitrogens with zero attached hydrogens (tertiary/aromatic N) is 6. The van der Waals surface area contributed by atoms with Crippen LogP contribution in [0.5, 0.6) is 5.75 Å². The summed E-state index contributed by atoms with van der Waals surface area (Å²) in [4.78, 5) is 14.2. The number of methoxy groups -OCH3 is 1. The van der Waals surface area contributed by atoms with Gasteiger partial charge in [-0.05, 0) is 44.0 Å². The Bertz CT molecular complexity index is 1030. The number of aryl methyl sites for hydroxylation is 2. The van der Waals surface area contributed by atoms with Crippen LogP contribution in [0, 0.1) is 6.92 Å². The van der Waals surface area contributed by atoms with Crippen LogP contribution in [-0.4, -0.2) is 52.4 Å². The monoisotopic (exact) mass is 420 g/mol. The van der Waals surface area contributed by atoms with Gasteiger partial charge in [-0.1, -0.05) is 18.6 Å². The Morgan fingerprint density at radius 1 is 1.16 bits per heavy atom. The molecule has 1 saturated heterocycles. The van der Waals surface area contributed by atoms with Gasteiger partial charge in [-0.15, -0.1) is 0 Å². The predicted octanol–water partition coefficient (Wildman–Crippen LogP) is 3.99. The van der Waals surface area contributed by atoms with Crippen molar-refractivity contribution in [2.24, 2.45) is 7.05 Å². The summed E-state index contributed by atoms with van der Waals surface area (Å²) in [6.07, 6.45) is 7.61. The fourth-order valence-electron chi connectivity index (χ4n) is 4.36. The lowest BCUT2D eigenvalue weighted by Crippen LogP contribution is -2.34. The largest absolute Gasteiger partial charge is 0.497 e. The van der Waals surface area contributed by atoms with Gasteiger partial charge in [-0.25, -0.2) is 9.97 Å². The SMILES string of the molecule is COc1ccc(-c2cnc(N(C)C)nc2[C@H]2CCCCN2Cc2cn(C)nc2C)cc1. The molecule has 31 heavy (non-hydrogen) atoms. The number of hydrogen-bond donors (Lipinski definition) is 0. The molecule has 0 N–H and O–H groups in total. The van der Waals surface area contributed by atoms with Gasteiger partial charge in [-0.2, -0.15) is 5.10 Å². The number of likely N-dealkylation sites (tertiary alicyclic amines) is 1. The molecule has 7 heteroatoms. The summed E-state index contributed by atoms with van der Waals surface area (Å²) in [5.74, 6) is 1.60. The molecule has 4 rings (SSSR count). The molecular weight excluding hydrogens is 388 g/mol. The fraction of sp³-hybridized carbons (Fsp3) is 0.458. The van der Waals surface area contributed by atoms with E-state index in [-0.39, 0.29) is 6.04 Å². The fourth-order valence-corrected chi connectivity index (χ4v) is 4.36. The zero-order valence-corrected chi connectivity index (χ0v) is 19.2. The van der Waals surface area contributed by atoms with Crippen LogP contribution >= 0.6 is 0 Å². The first kappa shape index (κ1) is 21.3. The first-order chi connectivity index (χ1) is 15.0. The van der Waals surface area contributed by atoms with Crippen molar-refractivity contribution in [3.05, 3.63) is 53.6 Å². The lowest BCUT2D eigenvalue weighted by Gasteiger charge is -2.36. The van der Waals surface area contributed by atoms with E-state index in [4.69, 9.17) is 9.72 Å². The summed E-state index contributed by atoms with van der Waals surface area (Å²) in [6.45, 7) is 4.03. The van der Waals surface area contributed by atoms with Gasteiger partial charge in [0.2, 0.25) is 5.95 Å². The normalized spacial score (nSPS) is 17.0. The van der Waals surface area contributed by atoms with Gasteiger partial charge in [0.15, 0.2) is 0 Å². The van der Waals surface area contributed by atoms with E-state index in [1.807, 2.05) is 49.1 Å². The highest BCUT2D eigenvalue weighted by Gasteiger charge is 2.29. The van der Waals surface area contributed by atoms with Crippen LogP contribution < -0.4 is 9.64 Å². The van der Waals surface area contributed by atoms with Crippen LogP contribution in [0.4, 0.5) is 5.95 Å². The van der Waals surface area contributed by atoms with Crippen molar-refractivity contribution < 1.29 is 4.74 Å². The average Bonchev–Trinajstić information content (AvgIpc) is 3.10. The van der Waals surface area contributed by atoms with Crippen molar-refractivity contribution in [2.75, 3.05) is 32.6 Å². The van der Waals surface area contributed by atoms with E-state index in [1.165, 1.54) is 18.4 Å². The van der Waals surface area contributed by atoms with E-state index in [9.17, 15) is 0 Å². The third-order valence-corrected chi connectivity index (χ3v) is 6.02. The highest BCUT2D eigenvalue weighted by Crippen LogP contribution is 2.37. The Kier molecular flexibility index (Phi) is 6.23. The van der Waals surface area contributed by atoms with Gasteiger partial charge in [-0.3, -0.25) is 9.58 Å². The number of benzene rings is 1. The molecule has 0 bridgehead atoms. The van der Waals surface area contributed by atoms with Gasteiger partial charge in [0.1, 0.15) is 5.75 Å². The molecule has 0 amide bonds. The minimum atomic E-state index is 0.243. The molecular formula is C24H32N6O. The third-order valence-electron chi connectivity index (χ3n) is 6.02. The maximum atomic E-state index is 5.34. The molecule has 3 aromatic rings. The Morgan fingerprint density at radius 2 is 1.94 bits per heavy atom. The Labute approximate surface area is 184 Å². The van der Waals surface area contributed by atoms with Crippen LogP contribution in [-0.2, 0) is 13.6 Å². The third kappa shape index (κ3) is 4.56. The first-order valence-electron chi connectivity index (χ1n) is 10.9. The zero-order chi connectivity index (χ0) is 22.0. The molecule has 1 fully saturated rings. The predicted molar refractivity (Wildman–Crippen MR) is 123 cm³/mol. The summed E-state index contributed by atoms with van der Waals surface area (Å²) in [5.41, 5.74) is 5.68. The molecule has 164 valence electrons. The number of piperidine rings is 1. The Morgan fingerprint density at radius 3 is 2.58 bits per heavy atom. The van der Waals surface area contributed by atoms with Crippen molar-refractivity contribution in [1.29, 1.82) is 0 Å². The second kappa shape index (κ2) is 9.06. The van der Waals surface area contributed by atoms with Crippen molar-refractivity contribution in [3.63, 3.8) is 0 Å². The average molecular weight is 421 g/mol. The van der Waals surface area contributed by atoms with Crippen molar-refractivity contribution >= 4 is 5.95 Å². The molecule has 7 nitrogen and oxygen atoms in total. The maximum absolute atomic E-state index is 5.34.